The van der Waals surface area contributed by atoms with Crippen molar-refractivity contribution in [2.75, 3.05) is 13.2 Å². The predicted molar refractivity (Wildman–Crippen MR) is 80.2 cm³/mol. The third kappa shape index (κ3) is 4.77. The minimum Gasteiger partial charge on any atom is -0.493 e. The number of carbonyl (C=O) groups excluding carboxylic acids is 2. The Morgan fingerprint density at radius 1 is 1.38 bits per heavy atom. The van der Waals surface area contributed by atoms with E-state index in [-0.39, 0.29) is 17.9 Å². The molecule has 0 radical (unpaired) electrons. The molecular weight excluding hydrogens is 268 g/mol. The van der Waals surface area contributed by atoms with E-state index in [1.54, 1.807) is 0 Å². The van der Waals surface area contributed by atoms with Gasteiger partial charge in [0.25, 0.3) is 0 Å². The first kappa shape index (κ1) is 15.4. The molecule has 1 aliphatic heterocycles. The summed E-state index contributed by atoms with van der Waals surface area (Å²) in [6.45, 7) is 4.96. The Hall–Kier alpha value is -2.04. The smallest absolute Gasteiger partial charge is 0.223 e. The van der Waals surface area contributed by atoms with Crippen LogP contribution in [0.3, 0.4) is 0 Å². The van der Waals surface area contributed by atoms with E-state index in [4.69, 9.17) is 4.74 Å². The Balaban J connectivity index is 1.69. The summed E-state index contributed by atoms with van der Waals surface area (Å²) in [5.41, 5.74) is 2.40. The Kier molecular flexibility index (Phi) is 5.20. The van der Waals surface area contributed by atoms with Crippen molar-refractivity contribution < 1.29 is 14.3 Å². The highest BCUT2D eigenvalue weighted by molar-refractivity contribution is 5.79. The van der Waals surface area contributed by atoms with E-state index in [0.29, 0.717) is 32.4 Å². The number of benzene rings is 1. The van der Waals surface area contributed by atoms with Crippen LogP contribution in [0.1, 0.15) is 30.4 Å². The van der Waals surface area contributed by atoms with Gasteiger partial charge in [0.2, 0.25) is 11.8 Å². The lowest BCUT2D eigenvalue weighted by Gasteiger charge is -2.23. The normalized spacial score (nSPS) is 18.0. The van der Waals surface area contributed by atoms with E-state index >= 15 is 0 Å². The van der Waals surface area contributed by atoms with E-state index in [1.165, 1.54) is 11.1 Å². The molecule has 5 nitrogen and oxygen atoms in total. The standard InChI is InChI=1S/C16H22N2O3/c1-11-3-5-14(9-12(11)2)21-8-7-16(20)18-13-4-6-15(19)17-10-13/h3,5,9,13H,4,6-8,10H2,1-2H3,(H,17,19)(H,18,20). The number of amides is 2. The van der Waals surface area contributed by atoms with Crippen molar-refractivity contribution in [2.45, 2.75) is 39.2 Å². The molecule has 5 heteroatoms. The summed E-state index contributed by atoms with van der Waals surface area (Å²) in [7, 11) is 0. The minimum absolute atomic E-state index is 0.0387. The minimum atomic E-state index is -0.0417. The van der Waals surface area contributed by atoms with E-state index in [9.17, 15) is 9.59 Å². The third-order valence-corrected chi connectivity index (χ3v) is 3.71. The van der Waals surface area contributed by atoms with Crippen LogP contribution < -0.4 is 15.4 Å². The third-order valence-electron chi connectivity index (χ3n) is 3.71. The van der Waals surface area contributed by atoms with Crippen molar-refractivity contribution >= 4 is 11.8 Å². The molecule has 2 rings (SSSR count). The van der Waals surface area contributed by atoms with Gasteiger partial charge in [-0.1, -0.05) is 6.07 Å². The number of carbonyl (C=O) groups is 2. The zero-order valence-electron chi connectivity index (χ0n) is 12.6. The van der Waals surface area contributed by atoms with Crippen LogP contribution in [0.15, 0.2) is 18.2 Å². The number of piperidine rings is 1. The van der Waals surface area contributed by atoms with E-state index in [0.717, 1.165) is 5.75 Å². The molecule has 1 aliphatic rings. The molecule has 1 fully saturated rings. The molecule has 0 aromatic heterocycles. The molecule has 21 heavy (non-hydrogen) atoms. The van der Waals surface area contributed by atoms with Crippen LogP contribution >= 0.6 is 0 Å². The zero-order valence-corrected chi connectivity index (χ0v) is 12.6. The van der Waals surface area contributed by atoms with E-state index in [1.807, 2.05) is 25.1 Å². The molecule has 0 spiro atoms. The molecular formula is C16H22N2O3. The monoisotopic (exact) mass is 290 g/mol. The average molecular weight is 290 g/mol. The summed E-state index contributed by atoms with van der Waals surface area (Å²) in [5, 5.41) is 5.66. The maximum absolute atomic E-state index is 11.8. The lowest BCUT2D eigenvalue weighted by atomic mass is 10.1. The van der Waals surface area contributed by atoms with E-state index in [2.05, 4.69) is 17.6 Å². The number of aryl methyl sites for hydroxylation is 2. The maximum Gasteiger partial charge on any atom is 0.223 e. The van der Waals surface area contributed by atoms with Crippen molar-refractivity contribution in [3.8, 4) is 5.75 Å². The van der Waals surface area contributed by atoms with Gasteiger partial charge in [0.1, 0.15) is 5.75 Å². The molecule has 0 aliphatic carbocycles. The molecule has 1 heterocycles. The first-order valence-electron chi connectivity index (χ1n) is 7.30. The lowest BCUT2D eigenvalue weighted by molar-refractivity contribution is -0.125. The number of hydrogen-bond acceptors (Lipinski definition) is 3. The second kappa shape index (κ2) is 7.11. The fourth-order valence-electron chi connectivity index (χ4n) is 2.22. The maximum atomic E-state index is 11.8. The quantitative estimate of drug-likeness (QED) is 0.863. The van der Waals surface area contributed by atoms with Crippen LogP contribution in [0, 0.1) is 13.8 Å². The highest BCUT2D eigenvalue weighted by Crippen LogP contribution is 2.16. The SMILES string of the molecule is Cc1ccc(OCCC(=O)NC2CCC(=O)NC2)cc1C. The first-order valence-corrected chi connectivity index (χ1v) is 7.30. The van der Waals surface area contributed by atoms with Gasteiger partial charge < -0.3 is 15.4 Å². The van der Waals surface area contributed by atoms with Gasteiger partial charge >= 0.3 is 0 Å². The molecule has 2 amide bonds. The highest BCUT2D eigenvalue weighted by Gasteiger charge is 2.19. The molecule has 1 aromatic rings. The van der Waals surface area contributed by atoms with Crippen LogP contribution in [0.2, 0.25) is 0 Å². The van der Waals surface area contributed by atoms with Gasteiger partial charge in [0, 0.05) is 19.0 Å². The topological polar surface area (TPSA) is 67.4 Å². The summed E-state index contributed by atoms with van der Waals surface area (Å²) in [4.78, 5) is 22.8. The Morgan fingerprint density at radius 3 is 2.86 bits per heavy atom. The van der Waals surface area contributed by atoms with Crippen molar-refractivity contribution in [3.05, 3.63) is 29.3 Å². The van der Waals surface area contributed by atoms with Gasteiger partial charge in [-0.05, 0) is 43.5 Å². The van der Waals surface area contributed by atoms with Crippen molar-refractivity contribution in [3.63, 3.8) is 0 Å². The van der Waals surface area contributed by atoms with Gasteiger partial charge in [-0.15, -0.1) is 0 Å². The van der Waals surface area contributed by atoms with Gasteiger partial charge in [-0.3, -0.25) is 9.59 Å². The first-order chi connectivity index (χ1) is 10.0. The van der Waals surface area contributed by atoms with Crippen molar-refractivity contribution in [1.82, 2.24) is 10.6 Å². The van der Waals surface area contributed by atoms with Crippen LogP contribution in [0.25, 0.3) is 0 Å². The van der Waals surface area contributed by atoms with Crippen LogP contribution in [-0.2, 0) is 9.59 Å². The molecule has 1 aromatic carbocycles. The van der Waals surface area contributed by atoms with Crippen molar-refractivity contribution in [2.24, 2.45) is 0 Å². The molecule has 1 unspecified atom stereocenters. The fourth-order valence-corrected chi connectivity index (χ4v) is 2.22. The molecule has 2 N–H and O–H groups in total. The molecule has 1 atom stereocenters. The molecule has 0 saturated carbocycles. The van der Waals surface area contributed by atoms with Crippen molar-refractivity contribution in [1.29, 1.82) is 0 Å². The molecule has 0 bridgehead atoms. The number of nitrogens with one attached hydrogen (secondary N) is 2. The van der Waals surface area contributed by atoms with Crippen LogP contribution in [-0.4, -0.2) is 31.0 Å². The van der Waals surface area contributed by atoms with Gasteiger partial charge in [-0.2, -0.15) is 0 Å². The summed E-state index contributed by atoms with van der Waals surface area (Å²) < 4.78 is 5.59. The van der Waals surface area contributed by atoms with Crippen LogP contribution in [0.5, 0.6) is 5.75 Å². The van der Waals surface area contributed by atoms with Gasteiger partial charge in [0.05, 0.1) is 13.0 Å². The second-order valence-corrected chi connectivity index (χ2v) is 5.45. The second-order valence-electron chi connectivity index (χ2n) is 5.45. The Labute approximate surface area is 125 Å². The summed E-state index contributed by atoms with van der Waals surface area (Å²) in [5.74, 6) is 0.800. The zero-order chi connectivity index (χ0) is 15.2. The lowest BCUT2D eigenvalue weighted by Crippen LogP contribution is -2.47. The van der Waals surface area contributed by atoms with Crippen LogP contribution in [0.4, 0.5) is 0 Å². The summed E-state index contributed by atoms with van der Waals surface area (Å²) >= 11 is 0. The summed E-state index contributed by atoms with van der Waals surface area (Å²) in [6, 6.07) is 5.94. The highest BCUT2D eigenvalue weighted by atomic mass is 16.5. The number of ether oxygens (including phenoxy) is 1. The summed E-state index contributed by atoms with van der Waals surface area (Å²) in [6.07, 6.45) is 1.50. The Bertz CT molecular complexity index is 518. The van der Waals surface area contributed by atoms with Gasteiger partial charge in [0.15, 0.2) is 0 Å². The Morgan fingerprint density at radius 2 is 2.19 bits per heavy atom. The average Bonchev–Trinajstić information content (AvgIpc) is 2.45. The molecule has 1 saturated heterocycles. The fraction of sp³-hybridized carbons (Fsp3) is 0.500. The molecule has 114 valence electrons. The van der Waals surface area contributed by atoms with E-state index < -0.39 is 0 Å². The number of rotatable bonds is 5. The number of hydrogen-bond donors (Lipinski definition) is 2. The predicted octanol–water partition coefficient (Wildman–Crippen LogP) is 1.47. The largest absolute Gasteiger partial charge is 0.493 e. The van der Waals surface area contributed by atoms with Gasteiger partial charge in [-0.25, -0.2) is 0 Å².